The lowest BCUT2D eigenvalue weighted by atomic mass is 9.99. The number of hydrogen-bond donors (Lipinski definition) is 0. The summed E-state index contributed by atoms with van der Waals surface area (Å²) in [6, 6.07) is 31.5. The van der Waals surface area contributed by atoms with Gasteiger partial charge in [-0.2, -0.15) is 0 Å². The Hall–Kier alpha value is -7.41. The molecule has 266 valence electrons. The van der Waals surface area contributed by atoms with Gasteiger partial charge in [0.25, 0.3) is 0 Å². The molecule has 0 spiro atoms. The second-order valence-electron chi connectivity index (χ2n) is 13.5. The summed E-state index contributed by atoms with van der Waals surface area (Å²) >= 11 is 1.65. The Labute approximate surface area is 346 Å². The summed E-state index contributed by atoms with van der Waals surface area (Å²) < 4.78 is 109. The Kier molecular flexibility index (Phi) is 5.04. The number of rotatable bonds is 5. The minimum atomic E-state index is -0.578. The Morgan fingerprint density at radius 3 is 2.09 bits per heavy atom. The van der Waals surface area contributed by atoms with Crippen LogP contribution >= 0.6 is 11.3 Å². The maximum Gasteiger partial charge on any atom is 0.164 e. The molecule has 0 bridgehead atoms. The molecule has 12 aromatic rings. The largest absolute Gasteiger partial charge is 0.456 e. The summed E-state index contributed by atoms with van der Waals surface area (Å²) in [4.78, 5) is 14.7. The molecule has 57 heavy (non-hydrogen) atoms. The van der Waals surface area contributed by atoms with Crippen LogP contribution in [0.2, 0.25) is 0 Å². The fourth-order valence-corrected chi connectivity index (χ4v) is 8.88. The quantitative estimate of drug-likeness (QED) is 0.175. The molecule has 0 aliphatic carbocycles. The first kappa shape index (κ1) is 22.8. The molecule has 0 aliphatic heterocycles. The summed E-state index contributed by atoms with van der Waals surface area (Å²) in [6.45, 7) is 0. The van der Waals surface area contributed by atoms with Gasteiger partial charge in [0, 0.05) is 53.0 Å². The number of fused-ring (bicyclic) bond motifs is 9. The van der Waals surface area contributed by atoms with Crippen molar-refractivity contribution in [2.24, 2.45) is 0 Å². The molecule has 5 nitrogen and oxygen atoms in total. The number of benzene rings is 8. The van der Waals surface area contributed by atoms with E-state index in [2.05, 4.69) is 36.4 Å². The molecule has 4 heterocycles. The standard InChI is InChI=1S/C51H30N4OS/c1-3-13-31(14-4-1)35-19-11-24-45-47(35)39-28-26-34(30-46(39)57-45)51-53-49(32-15-5-2-6-16-32)52-50(54-51)33-25-27-38-44(29-33)56-43-23-12-22-42(48(38)43)55-40-20-9-7-17-36(40)37-18-8-10-21-41(37)55/h1-30H/i7D,8D,9D,12D,17D,18D,20D,22D,23D,25D,29D. The van der Waals surface area contributed by atoms with Gasteiger partial charge in [0.1, 0.15) is 11.2 Å². The predicted octanol–water partition coefficient (Wildman–Crippen LogP) is 13.9. The van der Waals surface area contributed by atoms with Gasteiger partial charge in [-0.05, 0) is 59.6 Å². The average Bonchev–Trinajstić information content (AvgIpc) is 4.04. The molecule has 0 saturated heterocycles. The van der Waals surface area contributed by atoms with Crippen molar-refractivity contribution < 1.29 is 19.5 Å². The van der Waals surface area contributed by atoms with Gasteiger partial charge in [0.15, 0.2) is 17.5 Å². The molecular formula is C51H30N4OS. The third kappa shape index (κ3) is 5.04. The van der Waals surface area contributed by atoms with Gasteiger partial charge in [0.05, 0.1) is 37.2 Å². The SMILES string of the molecule is [2H]c1cc2c(oc3c([2H])c([2H])c([2H])c(-n4c5ccc([2H])c([2H])c5c5c([2H])c([2H])c([2H])c([2H])c54)c32)c([2H])c1-c1nc(-c2ccccc2)nc(-c2ccc3c(c2)sc2cccc(-c4ccccc4)c23)n1. The van der Waals surface area contributed by atoms with E-state index in [1.165, 1.54) is 22.8 Å². The van der Waals surface area contributed by atoms with Crippen LogP contribution in [0.15, 0.2) is 186 Å². The van der Waals surface area contributed by atoms with Crippen LogP contribution in [0, 0.1) is 0 Å². The van der Waals surface area contributed by atoms with Crippen LogP contribution in [0.1, 0.15) is 15.1 Å². The molecule has 0 saturated carbocycles. The van der Waals surface area contributed by atoms with Gasteiger partial charge in [-0.3, -0.25) is 0 Å². The van der Waals surface area contributed by atoms with E-state index in [1.807, 2.05) is 60.7 Å². The van der Waals surface area contributed by atoms with Gasteiger partial charge >= 0.3 is 0 Å². The fourth-order valence-electron chi connectivity index (χ4n) is 7.71. The van der Waals surface area contributed by atoms with Crippen molar-refractivity contribution in [2.75, 3.05) is 0 Å². The third-order valence-electron chi connectivity index (χ3n) is 10.3. The normalized spacial score (nSPS) is 14.6. The van der Waals surface area contributed by atoms with E-state index in [0.717, 1.165) is 31.3 Å². The predicted molar refractivity (Wildman–Crippen MR) is 236 cm³/mol. The topological polar surface area (TPSA) is 56.7 Å². The molecule has 0 unspecified atom stereocenters. The van der Waals surface area contributed by atoms with Crippen LogP contribution in [-0.4, -0.2) is 19.5 Å². The van der Waals surface area contributed by atoms with E-state index in [1.54, 1.807) is 11.3 Å². The van der Waals surface area contributed by atoms with Gasteiger partial charge in [-0.25, -0.2) is 15.0 Å². The van der Waals surface area contributed by atoms with Crippen LogP contribution in [0.5, 0.6) is 0 Å². The van der Waals surface area contributed by atoms with E-state index >= 15 is 0 Å². The van der Waals surface area contributed by atoms with Crippen LogP contribution in [0.4, 0.5) is 0 Å². The molecule has 0 N–H and O–H groups in total. The summed E-state index contributed by atoms with van der Waals surface area (Å²) in [5.41, 5.74) is 3.19. The molecular weight excluding hydrogens is 717 g/mol. The van der Waals surface area contributed by atoms with Crippen molar-refractivity contribution in [1.29, 1.82) is 0 Å². The summed E-state index contributed by atoms with van der Waals surface area (Å²) in [6.07, 6.45) is 0. The zero-order chi connectivity index (χ0) is 47.0. The highest BCUT2D eigenvalue weighted by atomic mass is 32.1. The highest BCUT2D eigenvalue weighted by Gasteiger charge is 2.20. The molecule has 0 radical (unpaired) electrons. The average molecular weight is 758 g/mol. The summed E-state index contributed by atoms with van der Waals surface area (Å²) in [7, 11) is 0. The molecule has 6 heteroatoms. The van der Waals surface area contributed by atoms with E-state index < -0.39 is 42.3 Å². The van der Waals surface area contributed by atoms with E-state index in [-0.39, 0.29) is 85.0 Å². The van der Waals surface area contributed by atoms with Crippen molar-refractivity contribution in [3.63, 3.8) is 0 Å². The second-order valence-corrected chi connectivity index (χ2v) is 14.6. The summed E-state index contributed by atoms with van der Waals surface area (Å²) in [5.74, 6) is 0.607. The highest BCUT2D eigenvalue weighted by Crippen LogP contribution is 2.42. The number of thiophene rings is 1. The van der Waals surface area contributed by atoms with Crippen LogP contribution in [0.3, 0.4) is 0 Å². The zero-order valence-corrected chi connectivity index (χ0v) is 30.4. The lowest BCUT2D eigenvalue weighted by Crippen LogP contribution is -2.00. The Morgan fingerprint density at radius 1 is 0.474 bits per heavy atom. The molecule has 12 rings (SSSR count). The molecule has 0 aliphatic rings. The van der Waals surface area contributed by atoms with Crippen LogP contribution in [-0.2, 0) is 0 Å². The summed E-state index contributed by atoms with van der Waals surface area (Å²) in [5, 5.41) is 2.36. The van der Waals surface area contributed by atoms with Crippen LogP contribution in [0.25, 0.3) is 115 Å². The van der Waals surface area contributed by atoms with Gasteiger partial charge in [-0.15, -0.1) is 11.3 Å². The van der Waals surface area contributed by atoms with Gasteiger partial charge in [-0.1, -0.05) is 133 Å². The number of hydrogen-bond acceptors (Lipinski definition) is 5. The highest BCUT2D eigenvalue weighted by molar-refractivity contribution is 7.26. The Balaban J connectivity index is 1.11. The lowest BCUT2D eigenvalue weighted by Gasteiger charge is -2.10. The van der Waals surface area contributed by atoms with E-state index in [9.17, 15) is 4.11 Å². The van der Waals surface area contributed by atoms with Crippen molar-refractivity contribution in [1.82, 2.24) is 19.5 Å². The molecule has 8 aromatic carbocycles. The Bertz CT molecular complexity index is 4170. The van der Waals surface area contributed by atoms with Crippen molar-refractivity contribution in [3.05, 3.63) is 182 Å². The van der Waals surface area contributed by atoms with Crippen molar-refractivity contribution in [2.45, 2.75) is 0 Å². The first-order chi connectivity index (χ1) is 32.8. The number of nitrogens with zero attached hydrogens (tertiary/aromatic N) is 4. The van der Waals surface area contributed by atoms with Crippen molar-refractivity contribution in [3.8, 4) is 51.0 Å². The molecule has 0 amide bonds. The first-order valence-electron chi connectivity index (χ1n) is 23.6. The Morgan fingerprint density at radius 2 is 1.23 bits per heavy atom. The smallest absolute Gasteiger partial charge is 0.164 e. The fraction of sp³-hybridized carbons (Fsp3) is 0. The minimum Gasteiger partial charge on any atom is -0.456 e. The molecule has 0 atom stereocenters. The maximum absolute atomic E-state index is 9.69. The second kappa shape index (κ2) is 12.6. The van der Waals surface area contributed by atoms with E-state index in [4.69, 9.17) is 30.3 Å². The number of aromatic nitrogens is 4. The first-order valence-corrected chi connectivity index (χ1v) is 18.9. The number of para-hydroxylation sites is 2. The minimum absolute atomic E-state index is 0.00842. The lowest BCUT2D eigenvalue weighted by molar-refractivity contribution is 0.669. The molecule has 0 fully saturated rings. The van der Waals surface area contributed by atoms with Gasteiger partial charge < -0.3 is 8.98 Å². The van der Waals surface area contributed by atoms with Crippen LogP contribution < -0.4 is 0 Å². The third-order valence-corrected chi connectivity index (χ3v) is 11.4. The van der Waals surface area contributed by atoms with E-state index in [0.29, 0.717) is 22.8 Å². The number of furan rings is 1. The van der Waals surface area contributed by atoms with Gasteiger partial charge in [0.2, 0.25) is 0 Å². The monoisotopic (exact) mass is 757 g/mol. The van der Waals surface area contributed by atoms with Crippen molar-refractivity contribution >= 4 is 75.3 Å². The maximum atomic E-state index is 9.69. The molecule has 4 aromatic heterocycles. The zero-order valence-electron chi connectivity index (χ0n) is 40.6.